The SMILES string of the molecule is FCC(F)C(F)Oc1cc[c]cc1. The molecule has 0 saturated heterocycles. The first kappa shape index (κ1) is 9.89. The average molecular weight is 189 g/mol. The molecule has 0 saturated carbocycles. The third kappa shape index (κ3) is 2.97. The Kier molecular flexibility index (Phi) is 3.61. The molecule has 1 nitrogen and oxygen atoms in total. The van der Waals surface area contributed by atoms with Crippen LogP contribution >= 0.6 is 0 Å². The summed E-state index contributed by atoms with van der Waals surface area (Å²) in [7, 11) is 0. The number of ether oxygens (including phenoxy) is 1. The summed E-state index contributed by atoms with van der Waals surface area (Å²) in [5, 5.41) is 0. The smallest absolute Gasteiger partial charge is 0.271 e. The molecule has 0 amide bonds. The molecule has 0 fully saturated rings. The monoisotopic (exact) mass is 189 g/mol. The zero-order chi connectivity index (χ0) is 9.68. The molecule has 1 rings (SSSR count). The second-order valence-corrected chi connectivity index (χ2v) is 2.38. The quantitative estimate of drug-likeness (QED) is 0.706. The topological polar surface area (TPSA) is 9.23 Å². The molecular formula is C9H8F3O. The van der Waals surface area contributed by atoms with E-state index in [4.69, 9.17) is 0 Å². The maximum atomic E-state index is 12.6. The van der Waals surface area contributed by atoms with Crippen LogP contribution in [0.25, 0.3) is 0 Å². The Hall–Kier alpha value is -1.19. The van der Waals surface area contributed by atoms with E-state index in [1.54, 1.807) is 0 Å². The van der Waals surface area contributed by atoms with E-state index in [1.165, 1.54) is 24.3 Å². The fraction of sp³-hybridized carbons (Fsp3) is 0.333. The van der Waals surface area contributed by atoms with Crippen molar-refractivity contribution in [1.29, 1.82) is 0 Å². The van der Waals surface area contributed by atoms with Crippen molar-refractivity contribution in [3.63, 3.8) is 0 Å². The Labute approximate surface area is 74.1 Å². The highest BCUT2D eigenvalue weighted by molar-refractivity contribution is 5.20. The first-order chi connectivity index (χ1) is 6.24. The highest BCUT2D eigenvalue weighted by Gasteiger charge is 2.21. The molecule has 0 spiro atoms. The summed E-state index contributed by atoms with van der Waals surface area (Å²) in [6, 6.07) is 8.49. The van der Waals surface area contributed by atoms with Crippen LogP contribution in [0, 0.1) is 6.07 Å². The molecule has 71 valence electrons. The van der Waals surface area contributed by atoms with E-state index >= 15 is 0 Å². The van der Waals surface area contributed by atoms with Crippen molar-refractivity contribution in [1.82, 2.24) is 0 Å². The lowest BCUT2D eigenvalue weighted by Crippen LogP contribution is -2.25. The molecule has 1 aromatic carbocycles. The van der Waals surface area contributed by atoms with E-state index in [2.05, 4.69) is 10.8 Å². The van der Waals surface area contributed by atoms with Gasteiger partial charge in [-0.2, -0.15) is 4.39 Å². The van der Waals surface area contributed by atoms with Gasteiger partial charge in [-0.15, -0.1) is 0 Å². The fourth-order valence-electron chi connectivity index (χ4n) is 0.724. The summed E-state index contributed by atoms with van der Waals surface area (Å²) in [6.07, 6.45) is -4.49. The molecule has 13 heavy (non-hydrogen) atoms. The Morgan fingerprint density at radius 2 is 1.92 bits per heavy atom. The molecule has 0 aliphatic rings. The Balaban J connectivity index is 2.50. The number of hydrogen-bond acceptors (Lipinski definition) is 1. The number of alkyl halides is 3. The maximum absolute atomic E-state index is 12.6. The lowest BCUT2D eigenvalue weighted by Gasteiger charge is -2.12. The van der Waals surface area contributed by atoms with Gasteiger partial charge in [0.1, 0.15) is 12.4 Å². The Morgan fingerprint density at radius 3 is 2.46 bits per heavy atom. The second kappa shape index (κ2) is 4.74. The van der Waals surface area contributed by atoms with Gasteiger partial charge in [-0.3, -0.25) is 0 Å². The van der Waals surface area contributed by atoms with E-state index in [-0.39, 0.29) is 5.75 Å². The molecular weight excluding hydrogens is 181 g/mol. The Bertz CT molecular complexity index is 240. The van der Waals surface area contributed by atoms with Gasteiger partial charge in [0, 0.05) is 0 Å². The molecule has 1 aromatic rings. The van der Waals surface area contributed by atoms with Crippen LogP contribution in [0.4, 0.5) is 13.2 Å². The van der Waals surface area contributed by atoms with Crippen molar-refractivity contribution < 1.29 is 17.9 Å². The summed E-state index contributed by atoms with van der Waals surface area (Å²) in [5.41, 5.74) is 0. The molecule has 2 atom stereocenters. The summed E-state index contributed by atoms with van der Waals surface area (Å²) < 4.78 is 41.1. The molecule has 0 aromatic heterocycles. The van der Waals surface area contributed by atoms with Crippen molar-refractivity contribution >= 4 is 0 Å². The minimum absolute atomic E-state index is 0.155. The number of rotatable bonds is 4. The molecule has 0 aliphatic heterocycles. The summed E-state index contributed by atoms with van der Waals surface area (Å²) in [6.45, 7) is -1.39. The predicted molar refractivity (Wildman–Crippen MR) is 41.7 cm³/mol. The van der Waals surface area contributed by atoms with Gasteiger partial charge < -0.3 is 4.74 Å². The van der Waals surface area contributed by atoms with Crippen molar-refractivity contribution in [2.24, 2.45) is 0 Å². The summed E-state index contributed by atoms with van der Waals surface area (Å²) >= 11 is 0. The molecule has 0 N–H and O–H groups in total. The number of hydrogen-bond donors (Lipinski definition) is 0. The van der Waals surface area contributed by atoms with Gasteiger partial charge in [0.2, 0.25) is 0 Å². The van der Waals surface area contributed by atoms with E-state index in [0.29, 0.717) is 0 Å². The van der Waals surface area contributed by atoms with Crippen LogP contribution in [-0.2, 0) is 0 Å². The molecule has 2 unspecified atom stereocenters. The number of benzene rings is 1. The van der Waals surface area contributed by atoms with Gasteiger partial charge in [0.15, 0.2) is 6.17 Å². The van der Waals surface area contributed by atoms with Crippen molar-refractivity contribution in [2.45, 2.75) is 12.5 Å². The largest absolute Gasteiger partial charge is 0.457 e. The van der Waals surface area contributed by atoms with Crippen LogP contribution in [-0.4, -0.2) is 19.2 Å². The Morgan fingerprint density at radius 1 is 1.31 bits per heavy atom. The third-order valence-corrected chi connectivity index (χ3v) is 1.37. The first-order valence-corrected chi connectivity index (χ1v) is 3.71. The summed E-state index contributed by atoms with van der Waals surface area (Å²) in [5.74, 6) is 0.155. The minimum Gasteiger partial charge on any atom is -0.457 e. The zero-order valence-electron chi connectivity index (χ0n) is 6.71. The molecule has 0 bridgehead atoms. The fourth-order valence-corrected chi connectivity index (χ4v) is 0.724. The zero-order valence-corrected chi connectivity index (χ0v) is 6.71. The van der Waals surface area contributed by atoms with Crippen LogP contribution in [0.1, 0.15) is 0 Å². The van der Waals surface area contributed by atoms with Crippen molar-refractivity contribution in [3.05, 3.63) is 30.3 Å². The lowest BCUT2D eigenvalue weighted by atomic mass is 10.3. The lowest BCUT2D eigenvalue weighted by molar-refractivity contribution is -0.0148. The van der Waals surface area contributed by atoms with Gasteiger partial charge in [-0.25, -0.2) is 8.78 Å². The van der Waals surface area contributed by atoms with Crippen molar-refractivity contribution in [3.8, 4) is 5.75 Å². The van der Waals surface area contributed by atoms with E-state index in [1.807, 2.05) is 0 Å². The van der Waals surface area contributed by atoms with Gasteiger partial charge in [-0.05, 0) is 18.2 Å². The molecule has 1 radical (unpaired) electrons. The van der Waals surface area contributed by atoms with Crippen molar-refractivity contribution in [2.75, 3.05) is 6.67 Å². The van der Waals surface area contributed by atoms with Crippen LogP contribution in [0.2, 0.25) is 0 Å². The van der Waals surface area contributed by atoms with E-state index < -0.39 is 19.2 Å². The average Bonchev–Trinajstić information content (AvgIpc) is 2.18. The molecule has 0 aliphatic carbocycles. The van der Waals surface area contributed by atoms with Crippen LogP contribution in [0.15, 0.2) is 24.3 Å². The van der Waals surface area contributed by atoms with Gasteiger partial charge in [0.25, 0.3) is 6.36 Å². The van der Waals surface area contributed by atoms with Crippen LogP contribution in [0.5, 0.6) is 5.75 Å². The first-order valence-electron chi connectivity index (χ1n) is 3.71. The normalized spacial score (nSPS) is 15.0. The minimum atomic E-state index is -2.26. The van der Waals surface area contributed by atoms with Crippen LogP contribution in [0.3, 0.4) is 0 Å². The van der Waals surface area contributed by atoms with E-state index in [9.17, 15) is 13.2 Å². The highest BCUT2D eigenvalue weighted by Crippen LogP contribution is 2.14. The summed E-state index contributed by atoms with van der Waals surface area (Å²) in [4.78, 5) is 0. The molecule has 4 heteroatoms. The van der Waals surface area contributed by atoms with Gasteiger partial charge in [0.05, 0.1) is 0 Å². The molecule has 0 heterocycles. The van der Waals surface area contributed by atoms with Gasteiger partial charge in [-0.1, -0.05) is 12.1 Å². The highest BCUT2D eigenvalue weighted by atomic mass is 19.2. The van der Waals surface area contributed by atoms with E-state index in [0.717, 1.165) is 0 Å². The third-order valence-electron chi connectivity index (χ3n) is 1.37. The maximum Gasteiger partial charge on any atom is 0.271 e. The second-order valence-electron chi connectivity index (χ2n) is 2.38. The number of halogens is 3. The predicted octanol–water partition coefficient (Wildman–Crippen LogP) is 2.47. The van der Waals surface area contributed by atoms with Gasteiger partial charge >= 0.3 is 0 Å². The van der Waals surface area contributed by atoms with Crippen LogP contribution < -0.4 is 4.74 Å². The standard InChI is InChI=1S/C9H8F3O/c10-6-8(11)9(12)13-7-4-2-1-3-5-7/h2-5,8-9H,6H2.